The molecule has 1 saturated heterocycles. The minimum Gasteiger partial charge on any atom is -0.465 e. The first-order chi connectivity index (χ1) is 14.6. The number of nitrogens with one attached hydrogen (secondary N) is 1. The number of anilines is 1. The summed E-state index contributed by atoms with van der Waals surface area (Å²) in [6, 6.07) is 11.8. The van der Waals surface area contributed by atoms with Gasteiger partial charge in [-0.2, -0.15) is 0 Å². The summed E-state index contributed by atoms with van der Waals surface area (Å²) in [4.78, 5) is 31.3. The second kappa shape index (κ2) is 9.02. The van der Waals surface area contributed by atoms with E-state index in [9.17, 15) is 9.59 Å². The topological polar surface area (TPSA) is 95.0 Å². The molecule has 4 rings (SSSR count). The van der Waals surface area contributed by atoms with E-state index in [-0.39, 0.29) is 12.6 Å². The number of amides is 2. The first-order valence-electron chi connectivity index (χ1n) is 10.3. The quantitative estimate of drug-likeness (QED) is 0.805. The number of fused-ring (bicyclic) bond motifs is 1. The Balaban J connectivity index is 1.29. The summed E-state index contributed by atoms with van der Waals surface area (Å²) in [6.07, 6.45) is 3.07. The van der Waals surface area contributed by atoms with Crippen molar-refractivity contribution in [3.8, 4) is 0 Å². The highest BCUT2D eigenvalue weighted by molar-refractivity contribution is 5.68. The number of hydrogen-bond donors (Lipinski definition) is 2. The Morgan fingerprint density at radius 1 is 1.13 bits per heavy atom. The molecular weight excluding hydrogens is 384 g/mol. The van der Waals surface area contributed by atoms with Gasteiger partial charge >= 0.3 is 12.2 Å². The van der Waals surface area contributed by atoms with Crippen LogP contribution in [0, 0.1) is 0 Å². The molecule has 2 aliphatic rings. The number of hydrogen-bond acceptors (Lipinski definition) is 5. The van der Waals surface area contributed by atoms with Crippen LogP contribution in [0.2, 0.25) is 0 Å². The van der Waals surface area contributed by atoms with Gasteiger partial charge in [0.05, 0.1) is 0 Å². The zero-order chi connectivity index (χ0) is 20.9. The molecule has 8 heteroatoms. The highest BCUT2D eigenvalue weighted by Crippen LogP contribution is 2.25. The lowest BCUT2D eigenvalue weighted by Gasteiger charge is -2.34. The van der Waals surface area contributed by atoms with Crippen molar-refractivity contribution in [1.29, 1.82) is 0 Å². The molecule has 0 saturated carbocycles. The van der Waals surface area contributed by atoms with Crippen LogP contribution in [0.15, 0.2) is 42.6 Å². The summed E-state index contributed by atoms with van der Waals surface area (Å²) in [5, 5.41) is 12.0. The van der Waals surface area contributed by atoms with Crippen LogP contribution in [0.25, 0.3) is 0 Å². The van der Waals surface area contributed by atoms with Crippen molar-refractivity contribution in [2.75, 3.05) is 31.1 Å². The summed E-state index contributed by atoms with van der Waals surface area (Å²) in [6.45, 7) is 2.54. The lowest BCUT2D eigenvalue weighted by atomic mass is 9.89. The Morgan fingerprint density at radius 2 is 1.90 bits per heavy atom. The third kappa shape index (κ3) is 4.82. The molecule has 0 bridgehead atoms. The lowest BCUT2D eigenvalue weighted by molar-refractivity contribution is 0.134. The van der Waals surface area contributed by atoms with Crippen LogP contribution in [0.3, 0.4) is 0 Å². The van der Waals surface area contributed by atoms with Crippen molar-refractivity contribution in [1.82, 2.24) is 15.2 Å². The molecular formula is C22H26N4O4. The maximum Gasteiger partial charge on any atom is 0.407 e. The molecule has 1 aliphatic carbocycles. The number of carboxylic acid groups (broad SMARTS) is 1. The highest BCUT2D eigenvalue weighted by atomic mass is 16.5. The SMILES string of the molecule is O=C(N[C@H]1CCc2cc(N3CCN(C(=O)O)CC3)ncc2C1)OCc1ccccc1. The van der Waals surface area contributed by atoms with Gasteiger partial charge in [-0.3, -0.25) is 0 Å². The van der Waals surface area contributed by atoms with Crippen LogP contribution in [-0.4, -0.2) is 59.4 Å². The zero-order valence-electron chi connectivity index (χ0n) is 16.8. The number of nitrogens with zero attached hydrogens (tertiary/aromatic N) is 3. The van der Waals surface area contributed by atoms with E-state index in [4.69, 9.17) is 9.84 Å². The second-order valence-corrected chi connectivity index (χ2v) is 7.71. The van der Waals surface area contributed by atoms with Crippen molar-refractivity contribution < 1.29 is 19.4 Å². The molecule has 2 N–H and O–H groups in total. The van der Waals surface area contributed by atoms with Crippen molar-refractivity contribution in [3.63, 3.8) is 0 Å². The van der Waals surface area contributed by atoms with E-state index in [0.717, 1.165) is 36.2 Å². The van der Waals surface area contributed by atoms with Gasteiger partial charge in [-0.1, -0.05) is 30.3 Å². The van der Waals surface area contributed by atoms with Gasteiger partial charge in [0.25, 0.3) is 0 Å². The molecule has 30 heavy (non-hydrogen) atoms. The number of benzene rings is 1. The van der Waals surface area contributed by atoms with Crippen LogP contribution >= 0.6 is 0 Å². The van der Waals surface area contributed by atoms with Crippen LogP contribution in [0.4, 0.5) is 15.4 Å². The van der Waals surface area contributed by atoms with Crippen LogP contribution in [0.1, 0.15) is 23.1 Å². The zero-order valence-corrected chi connectivity index (χ0v) is 16.8. The van der Waals surface area contributed by atoms with Crippen molar-refractivity contribution >= 4 is 18.0 Å². The molecule has 1 aliphatic heterocycles. The molecule has 0 unspecified atom stereocenters. The molecule has 1 atom stereocenters. The summed E-state index contributed by atoms with van der Waals surface area (Å²) >= 11 is 0. The summed E-state index contributed by atoms with van der Waals surface area (Å²) in [5.41, 5.74) is 3.35. The molecule has 2 aromatic rings. The van der Waals surface area contributed by atoms with E-state index in [1.54, 1.807) is 0 Å². The van der Waals surface area contributed by atoms with Gasteiger partial charge in [-0.15, -0.1) is 0 Å². The molecule has 1 fully saturated rings. The molecule has 2 amide bonds. The van der Waals surface area contributed by atoms with Crippen molar-refractivity contribution in [3.05, 3.63) is 59.3 Å². The van der Waals surface area contributed by atoms with E-state index in [2.05, 4.69) is 21.3 Å². The average molecular weight is 410 g/mol. The van der Waals surface area contributed by atoms with Gasteiger partial charge in [0.2, 0.25) is 0 Å². The number of rotatable bonds is 4. The lowest BCUT2D eigenvalue weighted by Crippen LogP contribution is -2.48. The van der Waals surface area contributed by atoms with Gasteiger partial charge in [-0.25, -0.2) is 14.6 Å². The average Bonchev–Trinajstić information content (AvgIpc) is 2.78. The van der Waals surface area contributed by atoms with Gasteiger partial charge in [-0.05, 0) is 42.0 Å². The largest absolute Gasteiger partial charge is 0.465 e. The number of carbonyl (C=O) groups is 2. The smallest absolute Gasteiger partial charge is 0.407 e. The monoisotopic (exact) mass is 410 g/mol. The van der Waals surface area contributed by atoms with Gasteiger partial charge in [0.1, 0.15) is 12.4 Å². The predicted octanol–water partition coefficient (Wildman–Crippen LogP) is 2.67. The fourth-order valence-corrected chi connectivity index (χ4v) is 3.98. The molecule has 2 heterocycles. The molecule has 1 aromatic carbocycles. The van der Waals surface area contributed by atoms with E-state index in [0.29, 0.717) is 26.2 Å². The summed E-state index contributed by atoms with van der Waals surface area (Å²) in [7, 11) is 0. The highest BCUT2D eigenvalue weighted by Gasteiger charge is 2.24. The minimum absolute atomic E-state index is 0.0348. The minimum atomic E-state index is -0.867. The number of alkyl carbamates (subject to hydrolysis) is 1. The molecule has 0 spiro atoms. The Hall–Kier alpha value is -3.29. The van der Waals surface area contributed by atoms with E-state index >= 15 is 0 Å². The Bertz CT molecular complexity index is 897. The van der Waals surface area contributed by atoms with Gasteiger partial charge in [0.15, 0.2) is 0 Å². The third-order valence-electron chi connectivity index (χ3n) is 5.71. The molecule has 158 valence electrons. The fraction of sp³-hybridized carbons (Fsp3) is 0.409. The van der Waals surface area contributed by atoms with Gasteiger partial charge < -0.3 is 25.0 Å². The number of ether oxygens (including phenoxy) is 1. The number of pyridine rings is 1. The van der Waals surface area contributed by atoms with E-state index in [1.807, 2.05) is 36.5 Å². The maximum absolute atomic E-state index is 12.1. The Kier molecular flexibility index (Phi) is 6.02. The predicted molar refractivity (Wildman–Crippen MR) is 112 cm³/mol. The maximum atomic E-state index is 12.1. The van der Waals surface area contributed by atoms with Crippen molar-refractivity contribution in [2.45, 2.75) is 31.9 Å². The number of piperazine rings is 1. The normalized spacial score (nSPS) is 18.5. The van der Waals surface area contributed by atoms with E-state index in [1.165, 1.54) is 10.5 Å². The Labute approximate surface area is 175 Å². The fourth-order valence-electron chi connectivity index (χ4n) is 3.98. The Morgan fingerprint density at radius 3 is 2.63 bits per heavy atom. The first kappa shape index (κ1) is 20.0. The van der Waals surface area contributed by atoms with Gasteiger partial charge in [0, 0.05) is 38.4 Å². The third-order valence-corrected chi connectivity index (χ3v) is 5.71. The second-order valence-electron chi connectivity index (χ2n) is 7.71. The van der Waals surface area contributed by atoms with Crippen LogP contribution in [-0.2, 0) is 24.2 Å². The van der Waals surface area contributed by atoms with Crippen LogP contribution in [0.5, 0.6) is 0 Å². The molecule has 8 nitrogen and oxygen atoms in total. The number of aromatic nitrogens is 1. The van der Waals surface area contributed by atoms with Crippen molar-refractivity contribution in [2.24, 2.45) is 0 Å². The van der Waals surface area contributed by atoms with Crippen LogP contribution < -0.4 is 10.2 Å². The molecule has 1 aromatic heterocycles. The number of aryl methyl sites for hydroxylation is 1. The summed E-state index contributed by atoms with van der Waals surface area (Å²) in [5.74, 6) is 0.896. The first-order valence-corrected chi connectivity index (χ1v) is 10.3. The number of carbonyl (C=O) groups excluding carboxylic acids is 1. The summed E-state index contributed by atoms with van der Waals surface area (Å²) < 4.78 is 5.32. The standard InChI is InChI=1S/C22H26N4O4/c27-21(30-15-16-4-2-1-3-5-16)24-19-7-6-17-13-20(23-14-18(17)12-19)25-8-10-26(11-9-25)22(28)29/h1-5,13-14,19H,6-12,15H2,(H,24,27)(H,28,29)/t19-/m0/s1. The van der Waals surface area contributed by atoms with E-state index < -0.39 is 12.2 Å². The molecule has 0 radical (unpaired) electrons.